The summed E-state index contributed by atoms with van der Waals surface area (Å²) >= 11 is 1.42. The summed E-state index contributed by atoms with van der Waals surface area (Å²) in [6.45, 7) is 1.90. The number of aromatic nitrogens is 3. The maximum absolute atomic E-state index is 12.7. The second kappa shape index (κ2) is 7.32. The van der Waals surface area contributed by atoms with Gasteiger partial charge in [-0.15, -0.1) is 0 Å². The molecule has 0 saturated carbocycles. The van der Waals surface area contributed by atoms with E-state index < -0.39 is 5.69 Å². The topological polar surface area (TPSA) is 89.0 Å². The summed E-state index contributed by atoms with van der Waals surface area (Å²) < 4.78 is 7.37. The molecule has 2 aromatic carbocycles. The molecule has 2 aromatic heterocycles. The Kier molecular flexibility index (Phi) is 4.70. The van der Waals surface area contributed by atoms with Crippen molar-refractivity contribution in [3.8, 4) is 5.75 Å². The number of hydrogen-bond acceptors (Lipinski definition) is 6. The Labute approximate surface area is 164 Å². The van der Waals surface area contributed by atoms with Crippen molar-refractivity contribution in [1.29, 1.82) is 0 Å². The number of aromatic amines is 1. The van der Waals surface area contributed by atoms with Gasteiger partial charge in [0.1, 0.15) is 11.6 Å². The summed E-state index contributed by atoms with van der Waals surface area (Å²) in [6.07, 6.45) is 0. The quantitative estimate of drug-likeness (QED) is 0.542. The van der Waals surface area contributed by atoms with Gasteiger partial charge in [-0.2, -0.15) is 0 Å². The van der Waals surface area contributed by atoms with Gasteiger partial charge in [-0.1, -0.05) is 41.7 Å². The van der Waals surface area contributed by atoms with Crippen LogP contribution in [0, 0.1) is 6.92 Å². The number of nitrogens with one attached hydrogen (secondary N) is 2. The molecule has 0 aliphatic carbocycles. The van der Waals surface area contributed by atoms with Gasteiger partial charge >= 0.3 is 5.69 Å². The van der Waals surface area contributed by atoms with E-state index in [9.17, 15) is 9.59 Å². The van der Waals surface area contributed by atoms with Gasteiger partial charge < -0.3 is 10.1 Å². The highest BCUT2D eigenvalue weighted by Gasteiger charge is 2.13. The first kappa shape index (κ1) is 18.0. The molecule has 2 N–H and O–H groups in total. The van der Waals surface area contributed by atoms with Crippen LogP contribution in [-0.4, -0.2) is 21.6 Å². The van der Waals surface area contributed by atoms with Crippen molar-refractivity contribution in [2.45, 2.75) is 13.5 Å². The van der Waals surface area contributed by atoms with Crippen molar-refractivity contribution in [2.24, 2.45) is 0 Å². The van der Waals surface area contributed by atoms with Gasteiger partial charge in [0.05, 0.1) is 29.4 Å². The number of rotatable bonds is 5. The van der Waals surface area contributed by atoms with Crippen molar-refractivity contribution >= 4 is 32.5 Å². The van der Waals surface area contributed by atoms with E-state index in [-0.39, 0.29) is 12.1 Å². The molecule has 7 nitrogen and oxygen atoms in total. The molecule has 8 heteroatoms. The maximum atomic E-state index is 12.7. The molecule has 0 fully saturated rings. The molecule has 4 rings (SSSR count). The van der Waals surface area contributed by atoms with E-state index in [1.165, 1.54) is 15.9 Å². The molecule has 0 spiro atoms. The molecular weight excluding hydrogens is 376 g/mol. The fourth-order valence-corrected chi connectivity index (χ4v) is 3.80. The number of H-pyrrole nitrogens is 1. The zero-order chi connectivity index (χ0) is 19.7. The average molecular weight is 394 g/mol. The van der Waals surface area contributed by atoms with Crippen LogP contribution in [0.1, 0.15) is 11.1 Å². The van der Waals surface area contributed by atoms with Crippen LogP contribution in [0.25, 0.3) is 10.2 Å². The highest BCUT2D eigenvalue weighted by Crippen LogP contribution is 2.30. The molecule has 0 amide bonds. The molecule has 0 saturated heterocycles. The largest absolute Gasteiger partial charge is 0.497 e. The number of benzene rings is 2. The fraction of sp³-hybridized carbons (Fsp3) is 0.150. The van der Waals surface area contributed by atoms with E-state index in [1.807, 2.05) is 48.5 Å². The van der Waals surface area contributed by atoms with Gasteiger partial charge in [0.2, 0.25) is 0 Å². The van der Waals surface area contributed by atoms with Crippen LogP contribution in [0.5, 0.6) is 5.75 Å². The normalized spacial score (nSPS) is 10.9. The molecule has 142 valence electrons. The smallest absolute Gasteiger partial charge is 0.330 e. The van der Waals surface area contributed by atoms with Gasteiger partial charge in [0.25, 0.3) is 5.56 Å². The van der Waals surface area contributed by atoms with E-state index in [0.717, 1.165) is 21.5 Å². The number of anilines is 2. The monoisotopic (exact) mass is 394 g/mol. The third-order valence-corrected chi connectivity index (χ3v) is 5.36. The molecular formula is C20H18N4O3S. The first-order valence-corrected chi connectivity index (χ1v) is 9.46. The molecule has 0 bridgehead atoms. The lowest BCUT2D eigenvalue weighted by Crippen LogP contribution is -2.37. The van der Waals surface area contributed by atoms with Crippen molar-refractivity contribution in [3.63, 3.8) is 0 Å². The Balaban J connectivity index is 1.67. The zero-order valence-electron chi connectivity index (χ0n) is 15.4. The molecule has 4 aromatic rings. The molecule has 28 heavy (non-hydrogen) atoms. The standard InChI is InChI=1S/C20H18N4O3S/c1-12-17(22-19-21-15-9-8-14(27-2)10-16(15)28-19)23-20(26)24(18(12)25)11-13-6-4-3-5-7-13/h3-10H,11H2,1-2H3,(H,21,22)(H,23,26). The van der Waals surface area contributed by atoms with E-state index >= 15 is 0 Å². The highest BCUT2D eigenvalue weighted by atomic mass is 32.1. The SMILES string of the molecule is COc1ccc2nc(Nc3[nH]c(=O)n(Cc4ccccc4)c(=O)c3C)sc2c1. The van der Waals surface area contributed by atoms with Crippen LogP contribution < -0.4 is 21.3 Å². The van der Waals surface area contributed by atoms with E-state index in [2.05, 4.69) is 15.3 Å². The van der Waals surface area contributed by atoms with Crippen molar-refractivity contribution in [2.75, 3.05) is 12.4 Å². The fourth-order valence-electron chi connectivity index (χ4n) is 2.90. The summed E-state index contributed by atoms with van der Waals surface area (Å²) in [5.41, 5.74) is 1.32. The highest BCUT2D eigenvalue weighted by molar-refractivity contribution is 7.22. The Morgan fingerprint density at radius 2 is 1.96 bits per heavy atom. The number of fused-ring (bicyclic) bond motifs is 1. The molecule has 0 atom stereocenters. The Morgan fingerprint density at radius 3 is 2.71 bits per heavy atom. The molecule has 0 aliphatic rings. The molecule has 0 radical (unpaired) electrons. The van der Waals surface area contributed by atoms with Gasteiger partial charge in [-0.05, 0) is 30.7 Å². The Bertz CT molecular complexity index is 1260. The Hall–Kier alpha value is -3.39. The third-order valence-electron chi connectivity index (χ3n) is 4.43. The second-order valence-corrected chi connectivity index (χ2v) is 7.32. The number of hydrogen-bond donors (Lipinski definition) is 2. The van der Waals surface area contributed by atoms with E-state index in [0.29, 0.717) is 16.5 Å². The molecule has 2 heterocycles. The lowest BCUT2D eigenvalue weighted by molar-refractivity contribution is 0.415. The summed E-state index contributed by atoms with van der Waals surface area (Å²) in [5.74, 6) is 1.10. The summed E-state index contributed by atoms with van der Waals surface area (Å²) in [6, 6.07) is 15.0. The first-order chi connectivity index (χ1) is 13.5. The van der Waals surface area contributed by atoms with E-state index in [4.69, 9.17) is 4.74 Å². The van der Waals surface area contributed by atoms with Crippen LogP contribution in [-0.2, 0) is 6.54 Å². The average Bonchev–Trinajstić information content (AvgIpc) is 3.11. The lowest BCUT2D eigenvalue weighted by atomic mass is 10.2. The minimum atomic E-state index is -0.468. The summed E-state index contributed by atoms with van der Waals surface area (Å²) in [4.78, 5) is 32.5. The third kappa shape index (κ3) is 3.41. The molecule has 0 unspecified atom stereocenters. The number of ether oxygens (including phenoxy) is 1. The van der Waals surface area contributed by atoms with Gasteiger partial charge in [-0.25, -0.2) is 9.78 Å². The minimum absolute atomic E-state index is 0.219. The predicted molar refractivity (Wildman–Crippen MR) is 111 cm³/mol. The lowest BCUT2D eigenvalue weighted by Gasteiger charge is -2.10. The van der Waals surface area contributed by atoms with Gasteiger partial charge in [0.15, 0.2) is 5.13 Å². The van der Waals surface area contributed by atoms with Crippen LogP contribution >= 0.6 is 11.3 Å². The number of methoxy groups -OCH3 is 1. The second-order valence-electron chi connectivity index (χ2n) is 6.28. The predicted octanol–water partition coefficient (Wildman–Crippen LogP) is 3.26. The van der Waals surface area contributed by atoms with Crippen molar-refractivity contribution in [3.05, 3.63) is 80.5 Å². The minimum Gasteiger partial charge on any atom is -0.497 e. The number of nitrogens with zero attached hydrogens (tertiary/aromatic N) is 2. The van der Waals surface area contributed by atoms with Crippen LogP contribution in [0.4, 0.5) is 10.9 Å². The van der Waals surface area contributed by atoms with Gasteiger partial charge in [-0.3, -0.25) is 14.3 Å². The maximum Gasteiger partial charge on any atom is 0.330 e. The van der Waals surface area contributed by atoms with Crippen LogP contribution in [0.3, 0.4) is 0 Å². The van der Waals surface area contributed by atoms with Crippen molar-refractivity contribution in [1.82, 2.24) is 14.5 Å². The van der Waals surface area contributed by atoms with Crippen LogP contribution in [0.2, 0.25) is 0 Å². The molecule has 0 aliphatic heterocycles. The zero-order valence-corrected chi connectivity index (χ0v) is 16.2. The first-order valence-electron chi connectivity index (χ1n) is 8.64. The van der Waals surface area contributed by atoms with Crippen molar-refractivity contribution < 1.29 is 4.74 Å². The number of thiazole rings is 1. The van der Waals surface area contributed by atoms with Gasteiger partial charge in [0, 0.05) is 0 Å². The summed E-state index contributed by atoms with van der Waals surface area (Å²) in [5, 5.41) is 3.65. The summed E-state index contributed by atoms with van der Waals surface area (Å²) in [7, 11) is 1.61. The van der Waals surface area contributed by atoms with E-state index in [1.54, 1.807) is 14.0 Å². The Morgan fingerprint density at radius 1 is 1.18 bits per heavy atom. The van der Waals surface area contributed by atoms with Crippen LogP contribution in [0.15, 0.2) is 58.1 Å².